The fourth-order valence-electron chi connectivity index (χ4n) is 1.68. The number of nitrogens with zero attached hydrogens (tertiary/aromatic N) is 3. The highest BCUT2D eigenvalue weighted by molar-refractivity contribution is 6.35. The SMILES string of the molecule is Cc1cncn1CC(=O)N(C)c1cc(Cl)cc(Cl)c1. The Balaban J connectivity index is 2.17. The summed E-state index contributed by atoms with van der Waals surface area (Å²) in [6.45, 7) is 2.13. The van der Waals surface area contributed by atoms with Crippen molar-refractivity contribution in [1.82, 2.24) is 9.55 Å². The number of carbonyl (C=O) groups is 1. The second kappa shape index (κ2) is 5.63. The Morgan fingerprint density at radius 1 is 1.32 bits per heavy atom. The van der Waals surface area contributed by atoms with E-state index in [4.69, 9.17) is 23.2 Å². The van der Waals surface area contributed by atoms with Crippen molar-refractivity contribution in [3.8, 4) is 0 Å². The highest BCUT2D eigenvalue weighted by Crippen LogP contribution is 2.24. The minimum atomic E-state index is -0.0700. The molecule has 100 valence electrons. The summed E-state index contributed by atoms with van der Waals surface area (Å²) in [6.07, 6.45) is 3.34. The van der Waals surface area contributed by atoms with Gasteiger partial charge in [0.15, 0.2) is 0 Å². The molecule has 1 aromatic heterocycles. The lowest BCUT2D eigenvalue weighted by Crippen LogP contribution is -2.30. The number of halogens is 2. The fourth-order valence-corrected chi connectivity index (χ4v) is 2.20. The Bertz CT molecular complexity index is 589. The summed E-state index contributed by atoms with van der Waals surface area (Å²) in [5.74, 6) is -0.0700. The Morgan fingerprint density at radius 2 is 1.95 bits per heavy atom. The highest BCUT2D eigenvalue weighted by Gasteiger charge is 2.13. The molecule has 0 saturated carbocycles. The zero-order valence-electron chi connectivity index (χ0n) is 10.6. The van der Waals surface area contributed by atoms with Gasteiger partial charge >= 0.3 is 0 Å². The second-order valence-corrected chi connectivity index (χ2v) is 5.12. The van der Waals surface area contributed by atoms with Gasteiger partial charge < -0.3 is 9.47 Å². The lowest BCUT2D eigenvalue weighted by Gasteiger charge is -2.18. The minimum Gasteiger partial charge on any atom is -0.325 e. The van der Waals surface area contributed by atoms with E-state index in [1.54, 1.807) is 42.3 Å². The van der Waals surface area contributed by atoms with Gasteiger partial charge in [-0.3, -0.25) is 4.79 Å². The zero-order chi connectivity index (χ0) is 14.0. The van der Waals surface area contributed by atoms with Crippen molar-refractivity contribution >= 4 is 34.8 Å². The number of aromatic nitrogens is 2. The van der Waals surface area contributed by atoms with Gasteiger partial charge in [-0.25, -0.2) is 4.98 Å². The molecule has 1 aromatic carbocycles. The molecular weight excluding hydrogens is 285 g/mol. The van der Waals surface area contributed by atoms with Crippen molar-refractivity contribution in [3.05, 3.63) is 46.5 Å². The summed E-state index contributed by atoms with van der Waals surface area (Å²) < 4.78 is 1.78. The quantitative estimate of drug-likeness (QED) is 0.873. The number of carbonyl (C=O) groups excluding carboxylic acids is 1. The average molecular weight is 298 g/mol. The molecule has 2 rings (SSSR count). The molecule has 0 bridgehead atoms. The van der Waals surface area contributed by atoms with E-state index in [0.29, 0.717) is 15.7 Å². The van der Waals surface area contributed by atoms with Crippen molar-refractivity contribution in [2.45, 2.75) is 13.5 Å². The molecular formula is C13H13Cl2N3O. The van der Waals surface area contributed by atoms with Gasteiger partial charge in [0.1, 0.15) is 6.54 Å². The van der Waals surface area contributed by atoms with E-state index in [9.17, 15) is 4.79 Å². The first-order valence-corrected chi connectivity index (χ1v) is 6.42. The molecule has 0 N–H and O–H groups in total. The van der Waals surface area contributed by atoms with Gasteiger partial charge in [0.25, 0.3) is 0 Å². The monoisotopic (exact) mass is 297 g/mol. The molecule has 0 unspecified atom stereocenters. The van der Waals surface area contributed by atoms with E-state index < -0.39 is 0 Å². The van der Waals surface area contributed by atoms with Crippen LogP contribution in [0.25, 0.3) is 0 Å². The average Bonchev–Trinajstić information content (AvgIpc) is 2.72. The van der Waals surface area contributed by atoms with Crippen LogP contribution in [-0.4, -0.2) is 22.5 Å². The number of amides is 1. The first-order valence-electron chi connectivity index (χ1n) is 5.67. The molecule has 0 atom stereocenters. The van der Waals surface area contributed by atoms with Gasteiger partial charge in [-0.1, -0.05) is 23.2 Å². The molecule has 0 saturated heterocycles. The van der Waals surface area contributed by atoms with Crippen LogP contribution in [-0.2, 0) is 11.3 Å². The summed E-state index contributed by atoms with van der Waals surface area (Å²) in [6, 6.07) is 5.03. The zero-order valence-corrected chi connectivity index (χ0v) is 12.1. The first kappa shape index (κ1) is 13.9. The van der Waals surface area contributed by atoms with E-state index in [1.807, 2.05) is 6.92 Å². The fraction of sp³-hybridized carbons (Fsp3) is 0.231. The van der Waals surface area contributed by atoms with Crippen LogP contribution in [0.1, 0.15) is 5.69 Å². The minimum absolute atomic E-state index is 0.0700. The van der Waals surface area contributed by atoms with Gasteiger partial charge in [-0.15, -0.1) is 0 Å². The maximum absolute atomic E-state index is 12.2. The van der Waals surface area contributed by atoms with Crippen molar-refractivity contribution in [1.29, 1.82) is 0 Å². The number of rotatable bonds is 3. The van der Waals surface area contributed by atoms with E-state index >= 15 is 0 Å². The largest absolute Gasteiger partial charge is 0.325 e. The summed E-state index contributed by atoms with van der Waals surface area (Å²) in [7, 11) is 1.69. The molecule has 2 aromatic rings. The van der Waals surface area contributed by atoms with E-state index in [2.05, 4.69) is 4.98 Å². The predicted octanol–water partition coefficient (Wildman–Crippen LogP) is 3.16. The molecule has 0 aliphatic heterocycles. The molecule has 0 aliphatic rings. The normalized spacial score (nSPS) is 10.5. The molecule has 19 heavy (non-hydrogen) atoms. The standard InChI is InChI=1S/C13H13Cl2N3O/c1-9-6-16-8-18(9)7-13(19)17(2)12-4-10(14)3-11(15)5-12/h3-6,8H,7H2,1-2H3. The predicted molar refractivity (Wildman–Crippen MR) is 76.8 cm³/mol. The van der Waals surface area contributed by atoms with Gasteiger partial charge in [0, 0.05) is 34.7 Å². The van der Waals surface area contributed by atoms with Crippen LogP contribution in [0.5, 0.6) is 0 Å². The number of hydrogen-bond donors (Lipinski definition) is 0. The summed E-state index contributed by atoms with van der Waals surface area (Å²) in [4.78, 5) is 17.7. The molecule has 1 heterocycles. The molecule has 0 spiro atoms. The van der Waals surface area contributed by atoms with E-state index in [1.165, 1.54) is 4.90 Å². The molecule has 1 amide bonds. The van der Waals surface area contributed by atoms with Crippen molar-refractivity contribution < 1.29 is 4.79 Å². The number of likely N-dealkylation sites (N-methyl/N-ethyl adjacent to an activating group) is 1. The number of anilines is 1. The number of imidazole rings is 1. The third kappa shape index (κ3) is 3.28. The number of aryl methyl sites for hydroxylation is 1. The lowest BCUT2D eigenvalue weighted by molar-refractivity contribution is -0.118. The van der Waals surface area contributed by atoms with Crippen molar-refractivity contribution in [3.63, 3.8) is 0 Å². The van der Waals surface area contributed by atoms with Crippen LogP contribution in [0.2, 0.25) is 10.0 Å². The maximum atomic E-state index is 12.2. The van der Waals surface area contributed by atoms with Crippen LogP contribution >= 0.6 is 23.2 Å². The van der Waals surface area contributed by atoms with Crippen molar-refractivity contribution in [2.24, 2.45) is 0 Å². The summed E-state index contributed by atoms with van der Waals surface area (Å²) >= 11 is 11.9. The Hall–Kier alpha value is -1.52. The van der Waals surface area contributed by atoms with Crippen LogP contribution in [0, 0.1) is 6.92 Å². The van der Waals surface area contributed by atoms with Gasteiger partial charge in [-0.05, 0) is 25.1 Å². The smallest absolute Gasteiger partial charge is 0.246 e. The topological polar surface area (TPSA) is 38.1 Å². The van der Waals surface area contributed by atoms with Crippen LogP contribution in [0.4, 0.5) is 5.69 Å². The molecule has 0 aliphatic carbocycles. The maximum Gasteiger partial charge on any atom is 0.246 e. The Morgan fingerprint density at radius 3 is 2.47 bits per heavy atom. The highest BCUT2D eigenvalue weighted by atomic mass is 35.5. The van der Waals surface area contributed by atoms with Crippen LogP contribution in [0.15, 0.2) is 30.7 Å². The molecule has 6 heteroatoms. The van der Waals surface area contributed by atoms with Crippen molar-refractivity contribution in [2.75, 3.05) is 11.9 Å². The molecule has 4 nitrogen and oxygen atoms in total. The first-order chi connectivity index (χ1) is 8.97. The summed E-state index contributed by atoms with van der Waals surface area (Å²) in [5, 5.41) is 1.00. The summed E-state index contributed by atoms with van der Waals surface area (Å²) in [5.41, 5.74) is 1.60. The van der Waals surface area contributed by atoms with E-state index in [0.717, 1.165) is 5.69 Å². The molecule has 0 fully saturated rings. The third-order valence-electron chi connectivity index (χ3n) is 2.83. The number of benzene rings is 1. The third-order valence-corrected chi connectivity index (χ3v) is 3.27. The number of hydrogen-bond acceptors (Lipinski definition) is 2. The van der Waals surface area contributed by atoms with Crippen LogP contribution < -0.4 is 4.90 Å². The van der Waals surface area contributed by atoms with E-state index in [-0.39, 0.29) is 12.5 Å². The molecule has 0 radical (unpaired) electrons. The van der Waals surface area contributed by atoms with Gasteiger partial charge in [0.05, 0.1) is 6.33 Å². The van der Waals surface area contributed by atoms with Gasteiger partial charge in [-0.2, -0.15) is 0 Å². The lowest BCUT2D eigenvalue weighted by atomic mass is 10.3. The Kier molecular flexibility index (Phi) is 4.12. The second-order valence-electron chi connectivity index (χ2n) is 4.24. The van der Waals surface area contributed by atoms with Crippen LogP contribution in [0.3, 0.4) is 0 Å². The Labute approximate surface area is 121 Å². The van der Waals surface area contributed by atoms with Gasteiger partial charge in [0.2, 0.25) is 5.91 Å².